The number of imidazole rings is 1. The lowest BCUT2D eigenvalue weighted by molar-refractivity contribution is -0.00114. The van der Waals surface area contributed by atoms with Crippen molar-refractivity contribution in [2.45, 2.75) is 134 Å². The Morgan fingerprint density at radius 2 is 1.67 bits per heavy atom. The number of alkyl halides is 2. The molecule has 3 N–H and O–H groups in total. The molecule has 0 spiro atoms. The van der Waals surface area contributed by atoms with Crippen LogP contribution in [-0.2, 0) is 5.41 Å². The van der Waals surface area contributed by atoms with Gasteiger partial charge in [-0.25, -0.2) is 27.5 Å². The fourth-order valence-corrected chi connectivity index (χ4v) is 8.99. The average molecular weight is 763 g/mol. The van der Waals surface area contributed by atoms with Crippen molar-refractivity contribution in [3.63, 3.8) is 0 Å². The molecule has 5 heterocycles. The summed E-state index contributed by atoms with van der Waals surface area (Å²) in [6.45, 7) is 13.7. The van der Waals surface area contributed by atoms with Crippen LogP contribution in [0.5, 0.6) is 0 Å². The van der Waals surface area contributed by atoms with Gasteiger partial charge >= 0.3 is 0 Å². The fourth-order valence-electron chi connectivity index (χ4n) is 8.99. The summed E-state index contributed by atoms with van der Waals surface area (Å²) in [6, 6.07) is 4.98. The Kier molecular flexibility index (Phi) is 9.18. The summed E-state index contributed by atoms with van der Waals surface area (Å²) in [5, 5.41) is 17.1. The van der Waals surface area contributed by atoms with Crippen LogP contribution in [-0.4, -0.2) is 78.3 Å². The molecule has 4 aliphatic rings. The predicted octanol–water partition coefficient (Wildman–Crippen LogP) is 8.15. The van der Waals surface area contributed by atoms with Crippen molar-refractivity contribution in [2.24, 2.45) is 0 Å². The number of halogens is 4. The molecule has 294 valence electrons. The highest BCUT2D eigenvalue weighted by Crippen LogP contribution is 2.51. The standard InChI is InChI=1S/C41H50F4N8O2/c1-22(2)52-21-47-29-17-27(48-35(33(29)52)49-28-16-26(23(3)31(42)32(28)43)36(54)50-41(11-12-41)37(44)45)24-15-30-34(46-20-24)39(4,5)38(55)53(30)25-18-40(6,19-25)51-13-9-7-8-10-14-51/h15-17,20-22,25,37-38,55H,7-14,18-19H2,1-6H3,(H,48,49)(H,50,54). The number of pyridine rings is 2. The topological polar surface area (TPSA) is 111 Å². The number of hydrogen-bond acceptors (Lipinski definition) is 8. The molecule has 14 heteroatoms. The third kappa shape index (κ3) is 6.23. The molecule has 8 rings (SSSR count). The third-order valence-electron chi connectivity index (χ3n) is 12.7. The minimum Gasteiger partial charge on any atom is -0.373 e. The molecular weight excluding hydrogens is 712 g/mol. The minimum atomic E-state index is -2.79. The maximum absolute atomic E-state index is 15.7. The quantitative estimate of drug-likeness (QED) is 0.147. The van der Waals surface area contributed by atoms with Crippen molar-refractivity contribution >= 4 is 34.1 Å². The molecule has 1 amide bonds. The number of aliphatic hydroxyl groups is 1. The first-order chi connectivity index (χ1) is 26.0. The summed E-state index contributed by atoms with van der Waals surface area (Å²) in [5.41, 5.74) is 0.633. The van der Waals surface area contributed by atoms with Crippen LogP contribution in [0.4, 0.5) is 34.8 Å². The zero-order chi connectivity index (χ0) is 39.2. The number of hydrogen-bond donors (Lipinski definition) is 3. The highest BCUT2D eigenvalue weighted by Gasteiger charge is 2.55. The molecule has 3 aromatic heterocycles. The number of nitrogens with one attached hydrogen (secondary N) is 2. The molecule has 2 aliphatic carbocycles. The van der Waals surface area contributed by atoms with E-state index in [0.29, 0.717) is 22.3 Å². The second-order valence-corrected chi connectivity index (χ2v) is 17.3. The van der Waals surface area contributed by atoms with Gasteiger partial charge < -0.3 is 25.2 Å². The van der Waals surface area contributed by atoms with Gasteiger partial charge in [-0.2, -0.15) is 0 Å². The summed E-state index contributed by atoms with van der Waals surface area (Å²) in [5.74, 6) is -3.26. The molecule has 3 fully saturated rings. The predicted molar refractivity (Wildman–Crippen MR) is 204 cm³/mol. The number of aliphatic hydroxyl groups excluding tert-OH is 1. The SMILES string of the molecule is Cc1c(C(=O)NC2(C(F)F)CC2)cc(Nc2nc(-c3cnc4c(c3)N(C3CC(C)(N5CCCCCC5)C3)C(O)C4(C)C)cc3ncn(C(C)C)c23)c(F)c1F. The average Bonchev–Trinajstić information content (AvgIpc) is 3.83. The van der Waals surface area contributed by atoms with Gasteiger partial charge in [-0.05, 0) is 111 Å². The molecule has 2 aliphatic heterocycles. The molecule has 10 nitrogen and oxygen atoms in total. The Morgan fingerprint density at radius 1 is 0.982 bits per heavy atom. The Labute approximate surface area is 318 Å². The smallest absolute Gasteiger partial charge is 0.261 e. The molecule has 1 saturated heterocycles. The van der Waals surface area contributed by atoms with Gasteiger partial charge in [-0.15, -0.1) is 0 Å². The van der Waals surface area contributed by atoms with Gasteiger partial charge in [0.1, 0.15) is 17.3 Å². The first-order valence-electron chi connectivity index (χ1n) is 19.5. The third-order valence-corrected chi connectivity index (χ3v) is 12.7. The zero-order valence-corrected chi connectivity index (χ0v) is 32.3. The summed E-state index contributed by atoms with van der Waals surface area (Å²) < 4.78 is 60.4. The van der Waals surface area contributed by atoms with Gasteiger partial charge in [0.15, 0.2) is 17.5 Å². The van der Waals surface area contributed by atoms with Gasteiger partial charge in [-0.1, -0.05) is 12.8 Å². The van der Waals surface area contributed by atoms with E-state index < -0.39 is 41.1 Å². The van der Waals surface area contributed by atoms with Crippen molar-refractivity contribution < 1.29 is 27.5 Å². The molecule has 0 radical (unpaired) electrons. The lowest BCUT2D eigenvalue weighted by Crippen LogP contribution is -2.64. The van der Waals surface area contributed by atoms with E-state index in [4.69, 9.17) is 9.97 Å². The van der Waals surface area contributed by atoms with Crippen LogP contribution in [0.2, 0.25) is 0 Å². The normalized spacial score (nSPS) is 24.6. The number of rotatable bonds is 9. The van der Waals surface area contributed by atoms with Crippen molar-refractivity contribution in [3.05, 3.63) is 59.2 Å². The number of amides is 1. The number of carbonyl (C=O) groups excluding carboxylic acids is 1. The summed E-state index contributed by atoms with van der Waals surface area (Å²) >= 11 is 0. The Balaban J connectivity index is 1.16. The molecule has 0 bridgehead atoms. The molecule has 1 unspecified atom stereocenters. The van der Waals surface area contributed by atoms with E-state index in [2.05, 4.69) is 32.3 Å². The molecule has 55 heavy (non-hydrogen) atoms. The Bertz CT molecular complexity index is 2150. The number of benzene rings is 1. The van der Waals surface area contributed by atoms with Gasteiger partial charge in [-0.3, -0.25) is 14.7 Å². The molecule has 1 atom stereocenters. The molecule has 2 saturated carbocycles. The van der Waals surface area contributed by atoms with E-state index in [-0.39, 0.29) is 53.1 Å². The van der Waals surface area contributed by atoms with Crippen molar-refractivity contribution in [1.29, 1.82) is 0 Å². The fraction of sp³-hybridized carbons (Fsp3) is 0.561. The summed E-state index contributed by atoms with van der Waals surface area (Å²) in [6.07, 6.45) is 6.81. The first-order valence-corrected chi connectivity index (χ1v) is 19.5. The van der Waals surface area contributed by atoms with Crippen LogP contribution in [0.3, 0.4) is 0 Å². The number of nitrogens with zero attached hydrogens (tertiary/aromatic N) is 6. The second-order valence-electron chi connectivity index (χ2n) is 17.3. The van der Waals surface area contributed by atoms with E-state index in [9.17, 15) is 18.7 Å². The highest BCUT2D eigenvalue weighted by molar-refractivity contribution is 5.98. The van der Waals surface area contributed by atoms with Crippen LogP contribution >= 0.6 is 0 Å². The number of carbonyl (C=O) groups is 1. The van der Waals surface area contributed by atoms with E-state index in [0.717, 1.165) is 43.4 Å². The van der Waals surface area contributed by atoms with E-state index >= 15 is 8.78 Å². The van der Waals surface area contributed by atoms with Gasteiger partial charge in [0.25, 0.3) is 12.3 Å². The molecular formula is C41H50F4N8O2. The Hall–Kier alpha value is -4.30. The monoisotopic (exact) mass is 762 g/mol. The minimum absolute atomic E-state index is 0.0720. The summed E-state index contributed by atoms with van der Waals surface area (Å²) in [7, 11) is 0. The lowest BCUT2D eigenvalue weighted by Gasteiger charge is -2.56. The van der Waals surface area contributed by atoms with E-state index in [1.807, 2.05) is 44.4 Å². The number of likely N-dealkylation sites (tertiary alicyclic amines) is 1. The van der Waals surface area contributed by atoms with E-state index in [1.165, 1.54) is 32.6 Å². The lowest BCUT2D eigenvalue weighted by atomic mass is 9.71. The largest absolute Gasteiger partial charge is 0.373 e. The molecule has 4 aromatic rings. The zero-order valence-electron chi connectivity index (χ0n) is 32.3. The van der Waals surface area contributed by atoms with Crippen LogP contribution in [0.25, 0.3) is 22.3 Å². The first kappa shape index (κ1) is 37.6. The Morgan fingerprint density at radius 3 is 2.31 bits per heavy atom. The van der Waals surface area contributed by atoms with Gasteiger partial charge in [0.2, 0.25) is 0 Å². The highest BCUT2D eigenvalue weighted by atomic mass is 19.3. The van der Waals surface area contributed by atoms with Crippen molar-refractivity contribution in [3.8, 4) is 11.3 Å². The van der Waals surface area contributed by atoms with Crippen LogP contribution in [0.15, 0.2) is 30.7 Å². The summed E-state index contributed by atoms with van der Waals surface area (Å²) in [4.78, 5) is 32.4. The number of fused-ring (bicyclic) bond motifs is 2. The number of anilines is 3. The van der Waals surface area contributed by atoms with E-state index in [1.54, 1.807) is 12.5 Å². The maximum atomic E-state index is 15.7. The molecule has 1 aromatic carbocycles. The number of aromatic nitrogens is 4. The van der Waals surface area contributed by atoms with Crippen molar-refractivity contribution in [2.75, 3.05) is 23.3 Å². The van der Waals surface area contributed by atoms with Crippen molar-refractivity contribution in [1.82, 2.24) is 29.7 Å². The van der Waals surface area contributed by atoms with Gasteiger partial charge in [0, 0.05) is 40.5 Å². The van der Waals surface area contributed by atoms with Crippen LogP contribution < -0.4 is 15.5 Å². The van der Waals surface area contributed by atoms with Crippen LogP contribution in [0, 0.1) is 18.6 Å². The second kappa shape index (κ2) is 13.4. The van der Waals surface area contributed by atoms with Gasteiger partial charge in [0.05, 0.1) is 40.0 Å². The van der Waals surface area contributed by atoms with Crippen LogP contribution in [0.1, 0.15) is 114 Å². The maximum Gasteiger partial charge on any atom is 0.261 e.